The minimum atomic E-state index is -1.00. The van der Waals surface area contributed by atoms with Gasteiger partial charge in [0.25, 0.3) is 0 Å². The van der Waals surface area contributed by atoms with Gasteiger partial charge in [0.2, 0.25) is 0 Å². The summed E-state index contributed by atoms with van der Waals surface area (Å²) < 4.78 is 14.6. The van der Waals surface area contributed by atoms with E-state index in [1.807, 2.05) is 26.8 Å². The van der Waals surface area contributed by atoms with Crippen LogP contribution in [0.2, 0.25) is 5.02 Å². The van der Waals surface area contributed by atoms with E-state index < -0.39 is 11.8 Å². The number of hydrogen-bond donors (Lipinski definition) is 3. The smallest absolute Gasteiger partial charge is 0.317 e. The molecule has 6 heteroatoms. The number of carboxylic acid groups (broad SMARTS) is 1. The Morgan fingerprint density at radius 3 is 2.62 bits per heavy atom. The summed E-state index contributed by atoms with van der Waals surface area (Å²) in [5.41, 5.74) is 3.64. The number of rotatable bonds is 7. The average Bonchev–Trinajstić information content (AvgIpc) is 2.57. The molecule has 3 N–H and O–H groups in total. The third-order valence-electron chi connectivity index (χ3n) is 4.29. The molecule has 2 aromatic rings. The minimum Gasteiger partial charge on any atom is -0.508 e. The summed E-state index contributed by atoms with van der Waals surface area (Å²) in [4.78, 5) is 10.6. The average molecular weight is 380 g/mol. The fourth-order valence-corrected chi connectivity index (χ4v) is 3.23. The van der Waals surface area contributed by atoms with Crippen LogP contribution in [0.3, 0.4) is 0 Å². The number of benzene rings is 2. The summed E-state index contributed by atoms with van der Waals surface area (Å²) >= 11 is 6.26. The Balaban J connectivity index is 2.29. The normalized spacial score (nSPS) is 11.2. The van der Waals surface area contributed by atoms with Crippen molar-refractivity contribution < 1.29 is 19.4 Å². The Labute approximate surface area is 157 Å². The van der Waals surface area contributed by atoms with Gasteiger partial charge in [0.15, 0.2) is 0 Å². The lowest BCUT2D eigenvalue weighted by Crippen LogP contribution is -2.22. The van der Waals surface area contributed by atoms with E-state index in [2.05, 4.69) is 5.32 Å². The van der Waals surface area contributed by atoms with Gasteiger partial charge in [-0.05, 0) is 47.6 Å². The van der Waals surface area contributed by atoms with Crippen molar-refractivity contribution in [1.29, 1.82) is 0 Å². The van der Waals surface area contributed by atoms with Crippen molar-refractivity contribution in [3.05, 3.63) is 62.9 Å². The Morgan fingerprint density at radius 2 is 2.00 bits per heavy atom. The number of halogens is 2. The number of aliphatic carboxylic acids is 1. The van der Waals surface area contributed by atoms with Crippen molar-refractivity contribution in [2.75, 3.05) is 6.54 Å². The summed E-state index contributed by atoms with van der Waals surface area (Å²) in [7, 11) is 0. The maximum atomic E-state index is 14.6. The Hall–Kier alpha value is -2.11. The lowest BCUT2D eigenvalue weighted by atomic mass is 9.94. The zero-order valence-electron chi connectivity index (χ0n) is 15.1. The highest BCUT2D eigenvalue weighted by molar-refractivity contribution is 6.31. The van der Waals surface area contributed by atoms with Crippen LogP contribution in [0.15, 0.2) is 24.3 Å². The Kier molecular flexibility index (Phi) is 6.62. The van der Waals surface area contributed by atoms with E-state index in [0.29, 0.717) is 17.5 Å². The van der Waals surface area contributed by atoms with E-state index in [-0.39, 0.29) is 29.8 Å². The van der Waals surface area contributed by atoms with Crippen LogP contribution in [0.25, 0.3) is 0 Å². The molecule has 0 aromatic heterocycles. The molecule has 0 heterocycles. The molecule has 0 aliphatic heterocycles. The first-order valence-electron chi connectivity index (χ1n) is 8.41. The van der Waals surface area contributed by atoms with Crippen LogP contribution in [0.1, 0.15) is 47.6 Å². The number of hydrogen-bond acceptors (Lipinski definition) is 3. The number of carbonyl (C=O) groups is 1. The number of aromatic hydroxyl groups is 1. The number of nitrogens with one attached hydrogen (secondary N) is 1. The van der Waals surface area contributed by atoms with Crippen LogP contribution in [0.4, 0.5) is 4.39 Å². The molecule has 0 saturated carbocycles. The van der Waals surface area contributed by atoms with Crippen molar-refractivity contribution in [3.63, 3.8) is 0 Å². The van der Waals surface area contributed by atoms with Gasteiger partial charge in [-0.1, -0.05) is 43.6 Å². The molecule has 0 aliphatic carbocycles. The minimum absolute atomic E-state index is 0.0521. The number of phenols is 1. The van der Waals surface area contributed by atoms with Crippen molar-refractivity contribution in [2.45, 2.75) is 39.7 Å². The van der Waals surface area contributed by atoms with Crippen LogP contribution in [0.5, 0.6) is 5.75 Å². The molecule has 0 fully saturated rings. The summed E-state index contributed by atoms with van der Waals surface area (Å²) in [5, 5.41) is 21.3. The van der Waals surface area contributed by atoms with E-state index in [1.54, 1.807) is 18.2 Å². The molecule has 0 atom stereocenters. The first kappa shape index (κ1) is 20.2. The molecule has 0 spiro atoms. The van der Waals surface area contributed by atoms with Crippen molar-refractivity contribution in [3.8, 4) is 5.75 Å². The van der Waals surface area contributed by atoms with Crippen LogP contribution in [-0.2, 0) is 17.8 Å². The van der Waals surface area contributed by atoms with Gasteiger partial charge in [0.05, 0.1) is 11.6 Å². The molecule has 0 saturated heterocycles. The molecule has 0 amide bonds. The van der Waals surface area contributed by atoms with Gasteiger partial charge in [-0.25, -0.2) is 4.39 Å². The highest BCUT2D eigenvalue weighted by atomic mass is 35.5. The van der Waals surface area contributed by atoms with Crippen LogP contribution >= 0.6 is 11.6 Å². The third-order valence-corrected chi connectivity index (χ3v) is 4.69. The van der Waals surface area contributed by atoms with Gasteiger partial charge in [-0.3, -0.25) is 4.79 Å². The van der Waals surface area contributed by atoms with Gasteiger partial charge >= 0.3 is 5.97 Å². The fourth-order valence-electron chi connectivity index (χ4n) is 2.89. The van der Waals surface area contributed by atoms with Crippen LogP contribution in [0, 0.1) is 12.7 Å². The van der Waals surface area contributed by atoms with Crippen LogP contribution < -0.4 is 5.32 Å². The van der Waals surface area contributed by atoms with Gasteiger partial charge in [0.1, 0.15) is 11.6 Å². The molecule has 2 aromatic carbocycles. The van der Waals surface area contributed by atoms with E-state index >= 15 is 0 Å². The highest BCUT2D eigenvalue weighted by Gasteiger charge is 2.16. The van der Waals surface area contributed by atoms with Crippen molar-refractivity contribution in [1.82, 2.24) is 5.32 Å². The topological polar surface area (TPSA) is 69.6 Å². The maximum Gasteiger partial charge on any atom is 0.317 e. The maximum absolute atomic E-state index is 14.6. The predicted molar refractivity (Wildman–Crippen MR) is 100 cm³/mol. The molecule has 140 valence electrons. The molecular formula is C20H23ClFNO3. The zero-order chi connectivity index (χ0) is 19.4. The first-order chi connectivity index (χ1) is 12.2. The predicted octanol–water partition coefficient (Wildman–Crippen LogP) is 4.38. The van der Waals surface area contributed by atoms with Gasteiger partial charge in [0, 0.05) is 12.1 Å². The summed E-state index contributed by atoms with van der Waals surface area (Å²) in [6.45, 7) is 5.69. The van der Waals surface area contributed by atoms with E-state index in [9.17, 15) is 14.3 Å². The molecule has 0 radical (unpaired) electrons. The van der Waals surface area contributed by atoms with E-state index in [4.69, 9.17) is 16.7 Å². The van der Waals surface area contributed by atoms with E-state index in [1.165, 1.54) is 0 Å². The second-order valence-electron chi connectivity index (χ2n) is 6.68. The molecule has 2 rings (SSSR count). The van der Waals surface area contributed by atoms with Gasteiger partial charge in [-0.15, -0.1) is 0 Å². The number of phenolic OH excluding ortho intramolecular Hbond substituents is 1. The monoisotopic (exact) mass is 379 g/mol. The molecule has 0 bridgehead atoms. The lowest BCUT2D eigenvalue weighted by molar-refractivity contribution is -0.136. The summed E-state index contributed by atoms with van der Waals surface area (Å²) in [6, 6.07) is 7.05. The molecule has 4 nitrogen and oxygen atoms in total. The van der Waals surface area contributed by atoms with Gasteiger partial charge in [-0.2, -0.15) is 0 Å². The van der Waals surface area contributed by atoms with E-state index in [0.717, 1.165) is 16.7 Å². The zero-order valence-corrected chi connectivity index (χ0v) is 15.8. The number of carboxylic acids is 1. The first-order valence-corrected chi connectivity index (χ1v) is 8.79. The van der Waals surface area contributed by atoms with Crippen molar-refractivity contribution in [2.24, 2.45) is 0 Å². The highest BCUT2D eigenvalue weighted by Crippen LogP contribution is 2.31. The third kappa shape index (κ3) is 4.74. The molecular weight excluding hydrogens is 357 g/mol. The quantitative estimate of drug-likeness (QED) is 0.667. The second-order valence-corrected chi connectivity index (χ2v) is 7.06. The number of aryl methyl sites for hydroxylation is 1. The van der Waals surface area contributed by atoms with Gasteiger partial charge < -0.3 is 15.5 Å². The molecule has 26 heavy (non-hydrogen) atoms. The largest absolute Gasteiger partial charge is 0.508 e. The molecule has 0 aliphatic rings. The standard InChI is InChI=1S/C20H23ClFNO3/c1-11(2)15-7-13(4-5-17(15)24)8-16-12(3)6-14(20(22)19(16)21)9-23-10-18(25)26/h4-7,11,23-24H,8-10H2,1-3H3,(H,25,26). The lowest BCUT2D eigenvalue weighted by Gasteiger charge is -2.15. The van der Waals surface area contributed by atoms with Crippen LogP contribution in [-0.4, -0.2) is 22.7 Å². The second kappa shape index (κ2) is 8.52. The molecule has 0 unspecified atom stereocenters. The Bertz CT molecular complexity index is 821. The SMILES string of the molecule is Cc1cc(CNCC(=O)O)c(F)c(Cl)c1Cc1ccc(O)c(C(C)C)c1. The van der Waals surface area contributed by atoms with Crippen molar-refractivity contribution >= 4 is 17.6 Å². The summed E-state index contributed by atoms with van der Waals surface area (Å²) in [6.07, 6.45) is 0.449. The fraction of sp³-hybridized carbons (Fsp3) is 0.350. The Morgan fingerprint density at radius 1 is 1.31 bits per heavy atom. The summed E-state index contributed by atoms with van der Waals surface area (Å²) in [5.74, 6) is -1.12.